The third kappa shape index (κ3) is 4.22. The van der Waals surface area contributed by atoms with Crippen LogP contribution >= 0.6 is 12.4 Å². The summed E-state index contributed by atoms with van der Waals surface area (Å²) < 4.78 is 0. The number of amides is 1. The molecule has 1 fully saturated rings. The molecule has 1 aromatic carbocycles. The minimum Gasteiger partial charge on any atom is -0.337 e. The number of piperazine rings is 1. The van der Waals surface area contributed by atoms with Gasteiger partial charge in [-0.15, -0.1) is 12.4 Å². The van der Waals surface area contributed by atoms with Gasteiger partial charge >= 0.3 is 0 Å². The Labute approximate surface area is 128 Å². The highest BCUT2D eigenvalue weighted by Crippen LogP contribution is 2.24. The molecule has 1 aliphatic rings. The summed E-state index contributed by atoms with van der Waals surface area (Å²) in [6.45, 7) is 6.94. The lowest BCUT2D eigenvalue weighted by atomic mass is 9.92. The molecule has 1 amide bonds. The first-order valence-corrected chi connectivity index (χ1v) is 7.27. The Bertz CT molecular complexity index is 410. The summed E-state index contributed by atoms with van der Waals surface area (Å²) in [6, 6.07) is 10.7. The van der Waals surface area contributed by atoms with Gasteiger partial charge in [-0.25, -0.2) is 0 Å². The molecule has 1 aliphatic heterocycles. The van der Waals surface area contributed by atoms with Crippen molar-refractivity contribution in [1.82, 2.24) is 10.2 Å². The van der Waals surface area contributed by atoms with E-state index in [9.17, 15) is 4.79 Å². The normalized spacial score (nSPS) is 20.1. The predicted molar refractivity (Wildman–Crippen MR) is 85.4 cm³/mol. The first kappa shape index (κ1) is 17.0. The zero-order valence-electron chi connectivity index (χ0n) is 12.3. The largest absolute Gasteiger partial charge is 0.337 e. The molecule has 112 valence electrons. The van der Waals surface area contributed by atoms with E-state index < -0.39 is 0 Å². The number of carbonyl (C=O) groups is 1. The number of benzene rings is 1. The van der Waals surface area contributed by atoms with Gasteiger partial charge in [0.15, 0.2) is 0 Å². The van der Waals surface area contributed by atoms with Crippen molar-refractivity contribution in [2.45, 2.75) is 38.6 Å². The lowest BCUT2D eigenvalue weighted by Gasteiger charge is -2.35. The average Bonchev–Trinajstić information content (AvgIpc) is 2.46. The Hall–Kier alpha value is -1.06. The Morgan fingerprint density at radius 3 is 2.70 bits per heavy atom. The Kier molecular flexibility index (Phi) is 7.03. The topological polar surface area (TPSA) is 32.3 Å². The molecule has 3 nitrogen and oxygen atoms in total. The molecule has 0 radical (unpaired) electrons. The fraction of sp³-hybridized carbons (Fsp3) is 0.562. The minimum atomic E-state index is 0. The molecule has 20 heavy (non-hydrogen) atoms. The van der Waals surface area contributed by atoms with Crippen LogP contribution in [0.2, 0.25) is 0 Å². The smallest absolute Gasteiger partial charge is 0.223 e. The van der Waals surface area contributed by atoms with Crippen molar-refractivity contribution < 1.29 is 4.79 Å². The van der Waals surface area contributed by atoms with Crippen molar-refractivity contribution in [2.24, 2.45) is 0 Å². The maximum Gasteiger partial charge on any atom is 0.223 e. The van der Waals surface area contributed by atoms with E-state index in [0.29, 0.717) is 24.3 Å². The van der Waals surface area contributed by atoms with Gasteiger partial charge < -0.3 is 10.2 Å². The number of rotatable bonds is 4. The van der Waals surface area contributed by atoms with Crippen LogP contribution in [0.25, 0.3) is 0 Å². The highest BCUT2D eigenvalue weighted by atomic mass is 35.5. The molecule has 1 saturated heterocycles. The molecule has 1 heterocycles. The van der Waals surface area contributed by atoms with E-state index in [2.05, 4.69) is 43.4 Å². The first-order valence-electron chi connectivity index (χ1n) is 7.27. The van der Waals surface area contributed by atoms with Gasteiger partial charge in [-0.3, -0.25) is 4.79 Å². The van der Waals surface area contributed by atoms with Gasteiger partial charge in [0.2, 0.25) is 5.91 Å². The van der Waals surface area contributed by atoms with E-state index >= 15 is 0 Å². The second-order valence-corrected chi connectivity index (χ2v) is 5.36. The van der Waals surface area contributed by atoms with Gasteiger partial charge in [0, 0.05) is 32.1 Å². The first-order chi connectivity index (χ1) is 9.22. The van der Waals surface area contributed by atoms with Crippen molar-refractivity contribution in [3.8, 4) is 0 Å². The summed E-state index contributed by atoms with van der Waals surface area (Å²) in [7, 11) is 0. The van der Waals surface area contributed by atoms with Gasteiger partial charge in [-0.05, 0) is 24.8 Å². The fourth-order valence-corrected chi connectivity index (χ4v) is 2.76. The highest BCUT2D eigenvalue weighted by molar-refractivity contribution is 5.85. The summed E-state index contributed by atoms with van der Waals surface area (Å²) in [6.07, 6.45) is 1.64. The van der Waals surface area contributed by atoms with Crippen molar-refractivity contribution in [3.05, 3.63) is 35.9 Å². The van der Waals surface area contributed by atoms with Crippen molar-refractivity contribution >= 4 is 18.3 Å². The van der Waals surface area contributed by atoms with E-state index in [4.69, 9.17) is 0 Å². The Morgan fingerprint density at radius 1 is 1.40 bits per heavy atom. The van der Waals surface area contributed by atoms with Crippen LogP contribution < -0.4 is 5.32 Å². The molecular weight excluding hydrogens is 272 g/mol. The number of nitrogens with zero attached hydrogens (tertiary/aromatic N) is 1. The van der Waals surface area contributed by atoms with Crippen LogP contribution in [0.4, 0.5) is 0 Å². The fourth-order valence-electron chi connectivity index (χ4n) is 2.76. The molecule has 0 saturated carbocycles. The van der Waals surface area contributed by atoms with Gasteiger partial charge in [0.1, 0.15) is 0 Å². The van der Waals surface area contributed by atoms with E-state index in [1.54, 1.807) is 0 Å². The SMILES string of the molecule is CCC(CC(=O)N1CCNCC1C)c1ccccc1.Cl. The lowest BCUT2D eigenvalue weighted by molar-refractivity contribution is -0.134. The maximum absolute atomic E-state index is 12.4. The van der Waals surface area contributed by atoms with Gasteiger partial charge in [-0.1, -0.05) is 37.3 Å². The number of carbonyl (C=O) groups excluding carboxylic acids is 1. The van der Waals surface area contributed by atoms with Crippen LogP contribution in [0.3, 0.4) is 0 Å². The van der Waals surface area contributed by atoms with Crippen LogP contribution in [0, 0.1) is 0 Å². The van der Waals surface area contributed by atoms with Crippen molar-refractivity contribution in [3.63, 3.8) is 0 Å². The lowest BCUT2D eigenvalue weighted by Crippen LogP contribution is -2.52. The van der Waals surface area contributed by atoms with E-state index in [1.807, 2.05) is 11.0 Å². The number of hydrogen-bond donors (Lipinski definition) is 1. The molecule has 2 atom stereocenters. The van der Waals surface area contributed by atoms with Crippen molar-refractivity contribution in [1.29, 1.82) is 0 Å². The monoisotopic (exact) mass is 296 g/mol. The molecule has 0 bridgehead atoms. The predicted octanol–water partition coefficient (Wildman–Crippen LogP) is 2.81. The van der Waals surface area contributed by atoms with E-state index in [0.717, 1.165) is 26.1 Å². The molecule has 1 aromatic rings. The maximum atomic E-state index is 12.4. The molecule has 2 unspecified atom stereocenters. The Morgan fingerprint density at radius 2 is 2.10 bits per heavy atom. The van der Waals surface area contributed by atoms with Crippen LogP contribution in [-0.4, -0.2) is 36.5 Å². The molecule has 0 aliphatic carbocycles. The third-order valence-electron chi connectivity index (χ3n) is 4.01. The van der Waals surface area contributed by atoms with Crippen LogP contribution in [0.15, 0.2) is 30.3 Å². The summed E-state index contributed by atoms with van der Waals surface area (Å²) >= 11 is 0. The standard InChI is InChI=1S/C16H24N2O.ClH/c1-3-14(15-7-5-4-6-8-15)11-16(19)18-10-9-17-12-13(18)2;/h4-8,13-14,17H,3,9-12H2,1-2H3;1H. The minimum absolute atomic E-state index is 0. The zero-order chi connectivity index (χ0) is 13.7. The van der Waals surface area contributed by atoms with E-state index in [1.165, 1.54) is 5.56 Å². The molecular formula is C16H25ClN2O. The average molecular weight is 297 g/mol. The number of halogens is 1. The van der Waals surface area contributed by atoms with Crippen molar-refractivity contribution in [2.75, 3.05) is 19.6 Å². The molecule has 1 N–H and O–H groups in total. The quantitative estimate of drug-likeness (QED) is 0.927. The second kappa shape index (κ2) is 8.28. The van der Waals surface area contributed by atoms with Crippen LogP contribution in [0.1, 0.15) is 38.2 Å². The van der Waals surface area contributed by atoms with Crippen LogP contribution in [0.5, 0.6) is 0 Å². The van der Waals surface area contributed by atoms with E-state index in [-0.39, 0.29) is 12.4 Å². The number of hydrogen-bond acceptors (Lipinski definition) is 2. The van der Waals surface area contributed by atoms with Gasteiger partial charge in [-0.2, -0.15) is 0 Å². The molecule has 2 rings (SSSR count). The van der Waals surface area contributed by atoms with Crippen LogP contribution in [-0.2, 0) is 4.79 Å². The highest BCUT2D eigenvalue weighted by Gasteiger charge is 2.25. The summed E-state index contributed by atoms with van der Waals surface area (Å²) in [5, 5.41) is 3.32. The van der Waals surface area contributed by atoms with Gasteiger partial charge in [0.05, 0.1) is 0 Å². The Balaban J connectivity index is 0.00000200. The zero-order valence-corrected chi connectivity index (χ0v) is 13.2. The second-order valence-electron chi connectivity index (χ2n) is 5.36. The summed E-state index contributed by atoms with van der Waals surface area (Å²) in [5.74, 6) is 0.639. The molecule has 4 heteroatoms. The molecule has 0 aromatic heterocycles. The van der Waals surface area contributed by atoms with Gasteiger partial charge in [0.25, 0.3) is 0 Å². The number of nitrogens with one attached hydrogen (secondary N) is 1. The third-order valence-corrected chi connectivity index (χ3v) is 4.01. The summed E-state index contributed by atoms with van der Waals surface area (Å²) in [4.78, 5) is 14.5. The summed E-state index contributed by atoms with van der Waals surface area (Å²) in [5.41, 5.74) is 1.28. The molecule has 0 spiro atoms.